The first-order valence-corrected chi connectivity index (χ1v) is 12.2. The lowest BCUT2D eigenvalue weighted by atomic mass is 9.92. The SMILES string of the molecule is COc1cccc(Cc2ccc(C3CCN(C(=O)CCN4CCC[C@H](C)C4)CC3)nc2)c1. The second kappa shape index (κ2) is 11.0. The fraction of sp³-hybridized carbons (Fsp3) is 0.556. The normalized spacial score (nSPS) is 20.3. The van der Waals surface area contributed by atoms with Crippen LogP contribution in [-0.2, 0) is 11.2 Å². The van der Waals surface area contributed by atoms with E-state index in [0.717, 1.165) is 69.3 Å². The van der Waals surface area contributed by atoms with Crippen molar-refractivity contribution in [3.05, 3.63) is 59.4 Å². The fourth-order valence-corrected chi connectivity index (χ4v) is 5.13. The maximum Gasteiger partial charge on any atom is 0.223 e. The van der Waals surface area contributed by atoms with E-state index in [0.29, 0.717) is 18.2 Å². The van der Waals surface area contributed by atoms with E-state index in [2.05, 4.69) is 41.0 Å². The molecule has 0 bridgehead atoms. The minimum absolute atomic E-state index is 0.322. The number of carbonyl (C=O) groups is 1. The standard InChI is InChI=1S/C27H37N3O2/c1-21-5-4-13-29(20-21)14-12-27(31)30-15-10-24(11-16-30)26-9-8-23(19-28-26)17-22-6-3-7-25(18-22)32-2/h3,6-9,18-19,21,24H,4-5,10-17,20H2,1-2H3/t21-/m0/s1. The molecule has 0 saturated carbocycles. The van der Waals surface area contributed by atoms with E-state index < -0.39 is 0 Å². The Labute approximate surface area is 192 Å². The molecular weight excluding hydrogens is 398 g/mol. The number of likely N-dealkylation sites (tertiary alicyclic amines) is 2. The van der Waals surface area contributed by atoms with Crippen LogP contribution >= 0.6 is 0 Å². The first-order valence-electron chi connectivity index (χ1n) is 12.2. The minimum atomic E-state index is 0.322. The Bertz CT molecular complexity index is 875. The molecule has 2 saturated heterocycles. The summed E-state index contributed by atoms with van der Waals surface area (Å²) in [6, 6.07) is 12.6. The van der Waals surface area contributed by atoms with Gasteiger partial charge in [-0.05, 0) is 73.9 Å². The number of pyridine rings is 1. The lowest BCUT2D eigenvalue weighted by molar-refractivity contribution is -0.132. The molecule has 2 aliphatic rings. The smallest absolute Gasteiger partial charge is 0.223 e. The van der Waals surface area contributed by atoms with E-state index in [1.54, 1.807) is 7.11 Å². The second-order valence-corrected chi connectivity index (χ2v) is 9.57. The molecule has 3 heterocycles. The number of carbonyl (C=O) groups excluding carboxylic acids is 1. The summed E-state index contributed by atoms with van der Waals surface area (Å²) in [6.45, 7) is 7.24. The molecular formula is C27H37N3O2. The zero-order chi connectivity index (χ0) is 22.3. The summed E-state index contributed by atoms with van der Waals surface area (Å²) >= 11 is 0. The van der Waals surface area contributed by atoms with E-state index in [-0.39, 0.29) is 0 Å². The van der Waals surface area contributed by atoms with Gasteiger partial charge in [-0.15, -0.1) is 0 Å². The molecule has 4 rings (SSSR count). The maximum absolute atomic E-state index is 12.7. The van der Waals surface area contributed by atoms with Crippen molar-refractivity contribution in [2.45, 2.75) is 51.4 Å². The third-order valence-electron chi connectivity index (χ3n) is 7.04. The predicted octanol–water partition coefficient (Wildman–Crippen LogP) is 4.51. The molecule has 0 N–H and O–H groups in total. The average molecular weight is 436 g/mol. The van der Waals surface area contributed by atoms with Crippen LogP contribution in [0.5, 0.6) is 5.75 Å². The number of rotatable bonds is 7. The van der Waals surface area contributed by atoms with Gasteiger partial charge < -0.3 is 14.5 Å². The van der Waals surface area contributed by atoms with Crippen LogP contribution in [0.25, 0.3) is 0 Å². The lowest BCUT2D eigenvalue weighted by Gasteiger charge is -2.34. The third-order valence-corrected chi connectivity index (χ3v) is 7.04. The van der Waals surface area contributed by atoms with E-state index in [1.807, 2.05) is 18.3 Å². The maximum atomic E-state index is 12.7. The first-order chi connectivity index (χ1) is 15.6. The van der Waals surface area contributed by atoms with Crippen LogP contribution in [0, 0.1) is 5.92 Å². The molecule has 172 valence electrons. The number of nitrogens with zero attached hydrogens (tertiary/aromatic N) is 3. The summed E-state index contributed by atoms with van der Waals surface area (Å²) in [5, 5.41) is 0. The Balaban J connectivity index is 1.23. The average Bonchev–Trinajstić information content (AvgIpc) is 2.83. The van der Waals surface area contributed by atoms with Crippen molar-refractivity contribution < 1.29 is 9.53 Å². The van der Waals surface area contributed by atoms with Crippen LogP contribution in [0.4, 0.5) is 0 Å². The summed E-state index contributed by atoms with van der Waals surface area (Å²) < 4.78 is 5.32. The fourth-order valence-electron chi connectivity index (χ4n) is 5.13. The van der Waals surface area contributed by atoms with E-state index in [9.17, 15) is 4.79 Å². The predicted molar refractivity (Wildman–Crippen MR) is 128 cm³/mol. The van der Waals surface area contributed by atoms with Gasteiger partial charge in [-0.25, -0.2) is 0 Å². The van der Waals surface area contributed by atoms with Gasteiger partial charge in [0.25, 0.3) is 0 Å². The highest BCUT2D eigenvalue weighted by Crippen LogP contribution is 2.27. The van der Waals surface area contributed by atoms with Gasteiger partial charge in [0.05, 0.1) is 7.11 Å². The second-order valence-electron chi connectivity index (χ2n) is 9.57. The van der Waals surface area contributed by atoms with Crippen LogP contribution in [0.3, 0.4) is 0 Å². The van der Waals surface area contributed by atoms with Crippen molar-refractivity contribution in [3.63, 3.8) is 0 Å². The van der Waals surface area contributed by atoms with Crippen LogP contribution in [-0.4, -0.2) is 60.5 Å². The van der Waals surface area contributed by atoms with Crippen LogP contribution in [0.2, 0.25) is 0 Å². The highest BCUT2D eigenvalue weighted by atomic mass is 16.5. The molecule has 2 aliphatic heterocycles. The van der Waals surface area contributed by atoms with E-state index in [4.69, 9.17) is 9.72 Å². The third kappa shape index (κ3) is 6.10. The van der Waals surface area contributed by atoms with Crippen molar-refractivity contribution in [2.24, 2.45) is 5.92 Å². The Morgan fingerprint density at radius 3 is 2.66 bits per heavy atom. The Kier molecular flexibility index (Phi) is 7.80. The van der Waals surface area contributed by atoms with Crippen LogP contribution in [0.15, 0.2) is 42.6 Å². The molecule has 0 radical (unpaired) electrons. The lowest BCUT2D eigenvalue weighted by Crippen LogP contribution is -2.41. The molecule has 1 aromatic heterocycles. The molecule has 1 atom stereocenters. The number of benzene rings is 1. The Morgan fingerprint density at radius 1 is 1.09 bits per heavy atom. The number of ether oxygens (including phenoxy) is 1. The van der Waals surface area contributed by atoms with Gasteiger partial charge in [-0.1, -0.05) is 25.1 Å². The number of amides is 1. The number of methoxy groups -OCH3 is 1. The highest BCUT2D eigenvalue weighted by Gasteiger charge is 2.25. The number of aromatic nitrogens is 1. The first kappa shape index (κ1) is 22.8. The van der Waals surface area contributed by atoms with Gasteiger partial charge in [0, 0.05) is 50.4 Å². The highest BCUT2D eigenvalue weighted by molar-refractivity contribution is 5.76. The Hall–Kier alpha value is -2.40. The summed E-state index contributed by atoms with van der Waals surface area (Å²) in [4.78, 5) is 22.0. The number of piperidine rings is 2. The largest absolute Gasteiger partial charge is 0.497 e. The van der Waals surface area contributed by atoms with Crippen molar-refractivity contribution in [1.29, 1.82) is 0 Å². The zero-order valence-electron chi connectivity index (χ0n) is 19.6. The van der Waals surface area contributed by atoms with E-state index >= 15 is 0 Å². The molecule has 2 fully saturated rings. The monoisotopic (exact) mass is 435 g/mol. The minimum Gasteiger partial charge on any atom is -0.497 e. The van der Waals surface area contributed by atoms with Crippen molar-refractivity contribution in [2.75, 3.05) is 39.8 Å². The van der Waals surface area contributed by atoms with Crippen LogP contribution < -0.4 is 4.74 Å². The molecule has 0 unspecified atom stereocenters. The molecule has 0 aliphatic carbocycles. The van der Waals surface area contributed by atoms with Gasteiger partial charge in [-0.3, -0.25) is 9.78 Å². The van der Waals surface area contributed by atoms with Crippen LogP contribution in [0.1, 0.15) is 61.8 Å². The Morgan fingerprint density at radius 2 is 1.94 bits per heavy atom. The topological polar surface area (TPSA) is 45.7 Å². The van der Waals surface area contributed by atoms with E-state index in [1.165, 1.54) is 24.0 Å². The van der Waals surface area contributed by atoms with Crippen molar-refractivity contribution in [1.82, 2.24) is 14.8 Å². The number of hydrogen-bond acceptors (Lipinski definition) is 4. The van der Waals surface area contributed by atoms with Crippen molar-refractivity contribution >= 4 is 5.91 Å². The molecule has 1 aromatic carbocycles. The van der Waals surface area contributed by atoms with Gasteiger partial charge in [-0.2, -0.15) is 0 Å². The van der Waals surface area contributed by atoms with Gasteiger partial charge in [0.1, 0.15) is 5.75 Å². The molecule has 2 aromatic rings. The molecule has 5 nitrogen and oxygen atoms in total. The summed E-state index contributed by atoms with van der Waals surface area (Å²) in [5.74, 6) is 2.43. The molecule has 1 amide bonds. The summed E-state index contributed by atoms with van der Waals surface area (Å²) in [5.41, 5.74) is 3.60. The zero-order valence-corrected chi connectivity index (χ0v) is 19.6. The van der Waals surface area contributed by atoms with Crippen molar-refractivity contribution in [3.8, 4) is 5.75 Å². The van der Waals surface area contributed by atoms with Gasteiger partial charge in [0.2, 0.25) is 5.91 Å². The number of hydrogen-bond donors (Lipinski definition) is 0. The quantitative estimate of drug-likeness (QED) is 0.642. The molecule has 32 heavy (non-hydrogen) atoms. The van der Waals surface area contributed by atoms with Gasteiger partial charge in [0.15, 0.2) is 0 Å². The molecule has 5 heteroatoms. The molecule has 0 spiro atoms. The summed E-state index contributed by atoms with van der Waals surface area (Å²) in [7, 11) is 1.70. The van der Waals surface area contributed by atoms with Gasteiger partial charge >= 0.3 is 0 Å². The summed E-state index contributed by atoms with van der Waals surface area (Å²) in [6.07, 6.45) is 8.14.